The predicted molar refractivity (Wildman–Crippen MR) is 118 cm³/mol. The number of halogens is 1. The van der Waals surface area contributed by atoms with Gasteiger partial charge in [-0.15, -0.1) is 0 Å². The minimum absolute atomic E-state index is 0.113. The summed E-state index contributed by atoms with van der Waals surface area (Å²) in [6.45, 7) is 5.20. The van der Waals surface area contributed by atoms with Gasteiger partial charge in [-0.3, -0.25) is 19.2 Å². The monoisotopic (exact) mass is 443 g/mol. The number of nitrogens with zero attached hydrogens (tertiary/aromatic N) is 6. The van der Waals surface area contributed by atoms with Gasteiger partial charge in [-0.1, -0.05) is 0 Å². The fourth-order valence-electron chi connectivity index (χ4n) is 3.42. The van der Waals surface area contributed by atoms with Gasteiger partial charge in [0.15, 0.2) is 5.89 Å². The van der Waals surface area contributed by atoms with Crippen molar-refractivity contribution in [2.24, 2.45) is 0 Å². The summed E-state index contributed by atoms with van der Waals surface area (Å²) in [5.41, 5.74) is 3.69. The zero-order valence-corrected chi connectivity index (χ0v) is 18.0. The van der Waals surface area contributed by atoms with Crippen LogP contribution in [0.2, 0.25) is 0 Å². The van der Waals surface area contributed by atoms with Crippen LogP contribution >= 0.6 is 0 Å². The molecule has 0 aliphatic heterocycles. The molecule has 1 N–H and O–H groups in total. The second-order valence-electron chi connectivity index (χ2n) is 7.52. The van der Waals surface area contributed by atoms with Gasteiger partial charge in [-0.05, 0) is 32.0 Å². The number of imidazole rings is 1. The molecule has 0 aliphatic rings. The van der Waals surface area contributed by atoms with Crippen LogP contribution in [0.3, 0.4) is 0 Å². The number of hydrogen-bond donors (Lipinski definition) is 1. The molecular weight excluding hydrogens is 425 g/mol. The maximum atomic E-state index is 14.7. The third-order valence-corrected chi connectivity index (χ3v) is 5.00. The van der Waals surface area contributed by atoms with Gasteiger partial charge in [0.1, 0.15) is 5.82 Å². The number of carbonyl (C=O) groups excluding carboxylic acids is 1. The van der Waals surface area contributed by atoms with E-state index in [0.29, 0.717) is 34.4 Å². The van der Waals surface area contributed by atoms with Crippen LogP contribution in [0.4, 0.5) is 10.1 Å². The molecule has 0 atom stereocenters. The van der Waals surface area contributed by atoms with E-state index in [1.54, 1.807) is 49.2 Å². The Morgan fingerprint density at radius 2 is 1.85 bits per heavy atom. The molecule has 0 bridgehead atoms. The van der Waals surface area contributed by atoms with Gasteiger partial charge in [0.2, 0.25) is 11.5 Å². The van der Waals surface area contributed by atoms with Crippen molar-refractivity contribution in [1.82, 2.24) is 29.3 Å². The molecule has 33 heavy (non-hydrogen) atoms. The number of nitrogens with one attached hydrogen (secondary N) is 1. The highest BCUT2D eigenvalue weighted by atomic mass is 19.1. The fraction of sp³-hybridized carbons (Fsp3) is 0.130. The van der Waals surface area contributed by atoms with Gasteiger partial charge in [-0.2, -0.15) is 0 Å². The number of carbonyl (C=O) groups is 1. The Bertz CT molecular complexity index is 1510. The zero-order chi connectivity index (χ0) is 23.1. The molecule has 0 radical (unpaired) electrons. The van der Waals surface area contributed by atoms with Crippen LogP contribution in [-0.2, 0) is 0 Å². The van der Waals surface area contributed by atoms with Crippen molar-refractivity contribution < 1.29 is 13.6 Å². The summed E-state index contributed by atoms with van der Waals surface area (Å²) in [6.07, 6.45) is 8.45. The van der Waals surface area contributed by atoms with Gasteiger partial charge >= 0.3 is 0 Å². The highest BCUT2D eigenvalue weighted by Gasteiger charge is 2.18. The number of rotatable bonds is 4. The van der Waals surface area contributed by atoms with Crippen LogP contribution in [0.15, 0.2) is 53.6 Å². The van der Waals surface area contributed by atoms with Crippen LogP contribution < -0.4 is 5.32 Å². The molecule has 0 fully saturated rings. The maximum absolute atomic E-state index is 14.7. The van der Waals surface area contributed by atoms with Crippen molar-refractivity contribution in [3.8, 4) is 22.5 Å². The molecule has 0 spiro atoms. The standard InChI is InChI=1S/C23H18FN7O2/c1-12-7-26-19(9-25-12)15-8-27-23-30-20(11-31(23)10-15)17-6-16(4-5-18(17)24)29-22(32)21-13(2)28-14(3)33-21/h4-11H,1-3H3,(H,29,32). The number of fused-ring (bicyclic) bond motifs is 1. The van der Waals surface area contributed by atoms with E-state index in [9.17, 15) is 9.18 Å². The summed E-state index contributed by atoms with van der Waals surface area (Å²) in [5.74, 6) is -0.0398. The lowest BCUT2D eigenvalue weighted by Gasteiger charge is -2.06. The summed E-state index contributed by atoms with van der Waals surface area (Å²) < 4.78 is 21.7. The zero-order valence-electron chi connectivity index (χ0n) is 18.0. The van der Waals surface area contributed by atoms with E-state index in [1.807, 2.05) is 6.92 Å². The van der Waals surface area contributed by atoms with Crippen molar-refractivity contribution in [3.63, 3.8) is 0 Å². The Morgan fingerprint density at radius 1 is 1.00 bits per heavy atom. The fourth-order valence-corrected chi connectivity index (χ4v) is 3.42. The first-order chi connectivity index (χ1) is 15.9. The van der Waals surface area contributed by atoms with Crippen LogP contribution in [0.1, 0.15) is 27.8 Å². The highest BCUT2D eigenvalue weighted by molar-refractivity contribution is 6.03. The topological polar surface area (TPSA) is 111 Å². The normalized spacial score (nSPS) is 11.2. The average molecular weight is 443 g/mol. The highest BCUT2D eigenvalue weighted by Crippen LogP contribution is 2.27. The summed E-state index contributed by atoms with van der Waals surface area (Å²) in [5, 5.41) is 2.71. The maximum Gasteiger partial charge on any atom is 0.293 e. The van der Waals surface area contributed by atoms with Gasteiger partial charge in [0.25, 0.3) is 5.91 Å². The van der Waals surface area contributed by atoms with Crippen molar-refractivity contribution >= 4 is 17.4 Å². The molecule has 10 heteroatoms. The van der Waals surface area contributed by atoms with Crippen molar-refractivity contribution in [2.75, 3.05) is 5.32 Å². The Kier molecular flexibility index (Phi) is 4.89. The summed E-state index contributed by atoms with van der Waals surface area (Å²) >= 11 is 0. The third kappa shape index (κ3) is 3.93. The number of oxazole rings is 1. The lowest BCUT2D eigenvalue weighted by Crippen LogP contribution is -2.12. The summed E-state index contributed by atoms with van der Waals surface area (Å²) in [6, 6.07) is 4.26. The molecule has 1 aromatic carbocycles. The van der Waals surface area contributed by atoms with Crippen molar-refractivity contribution in [1.29, 1.82) is 0 Å². The Balaban J connectivity index is 1.47. The summed E-state index contributed by atoms with van der Waals surface area (Å²) in [7, 11) is 0. The van der Waals surface area contributed by atoms with Gasteiger partial charge in [0.05, 0.1) is 29.0 Å². The Morgan fingerprint density at radius 3 is 2.58 bits per heavy atom. The van der Waals surface area contributed by atoms with E-state index in [-0.39, 0.29) is 11.3 Å². The number of benzene rings is 1. The van der Waals surface area contributed by atoms with Crippen LogP contribution in [0.25, 0.3) is 28.3 Å². The predicted octanol–water partition coefficient (Wildman–Crippen LogP) is 4.16. The van der Waals surface area contributed by atoms with Crippen LogP contribution in [0.5, 0.6) is 0 Å². The van der Waals surface area contributed by atoms with E-state index < -0.39 is 11.7 Å². The first-order valence-corrected chi connectivity index (χ1v) is 10.1. The SMILES string of the molecule is Cc1cnc(-c2cnc3nc(-c4cc(NC(=O)c5oc(C)nc5C)ccc4F)cn3c2)cn1. The first kappa shape index (κ1) is 20.4. The van der Waals surface area contributed by atoms with E-state index >= 15 is 0 Å². The number of anilines is 1. The van der Waals surface area contributed by atoms with Gasteiger partial charge in [-0.25, -0.2) is 19.3 Å². The van der Waals surface area contributed by atoms with Crippen molar-refractivity contribution in [2.45, 2.75) is 20.8 Å². The molecular formula is C23H18FN7O2. The molecule has 5 rings (SSSR count). The quantitative estimate of drug-likeness (QED) is 0.444. The second-order valence-corrected chi connectivity index (χ2v) is 7.52. The van der Waals surface area contributed by atoms with E-state index in [0.717, 1.165) is 11.3 Å². The molecule has 9 nitrogen and oxygen atoms in total. The van der Waals surface area contributed by atoms with E-state index in [1.165, 1.54) is 18.2 Å². The second kappa shape index (κ2) is 7.90. The number of aromatic nitrogens is 6. The molecule has 1 amide bonds. The molecule has 0 aliphatic carbocycles. The molecule has 0 unspecified atom stereocenters. The number of hydrogen-bond acceptors (Lipinski definition) is 7. The third-order valence-electron chi connectivity index (χ3n) is 5.00. The Labute approximate surface area is 187 Å². The van der Waals surface area contributed by atoms with Crippen LogP contribution in [0, 0.1) is 26.6 Å². The largest absolute Gasteiger partial charge is 0.436 e. The van der Waals surface area contributed by atoms with Gasteiger partial charge in [0, 0.05) is 48.5 Å². The minimum atomic E-state index is -0.479. The summed E-state index contributed by atoms with van der Waals surface area (Å²) in [4.78, 5) is 34.0. The lowest BCUT2D eigenvalue weighted by molar-refractivity contribution is 0.0994. The van der Waals surface area contributed by atoms with Crippen LogP contribution in [-0.4, -0.2) is 35.2 Å². The molecule has 5 aromatic rings. The van der Waals surface area contributed by atoms with Gasteiger partial charge < -0.3 is 9.73 Å². The average Bonchev–Trinajstić information content (AvgIpc) is 3.37. The van der Waals surface area contributed by atoms with E-state index in [2.05, 4.69) is 30.2 Å². The van der Waals surface area contributed by atoms with E-state index in [4.69, 9.17) is 4.42 Å². The first-order valence-electron chi connectivity index (χ1n) is 10.1. The smallest absolute Gasteiger partial charge is 0.293 e. The molecule has 4 heterocycles. The molecule has 0 saturated carbocycles. The minimum Gasteiger partial charge on any atom is -0.436 e. The Hall–Kier alpha value is -4.47. The molecule has 4 aromatic heterocycles. The number of amides is 1. The molecule has 0 saturated heterocycles. The molecule has 164 valence electrons. The number of aryl methyl sites for hydroxylation is 3. The van der Waals surface area contributed by atoms with Crippen molar-refractivity contribution in [3.05, 3.63) is 78.0 Å². The lowest BCUT2D eigenvalue weighted by atomic mass is 10.1.